The van der Waals surface area contributed by atoms with Crippen molar-refractivity contribution in [3.8, 4) is 0 Å². The van der Waals surface area contributed by atoms with E-state index in [1.165, 1.54) is 18.3 Å². The minimum absolute atomic E-state index is 0.0802. The van der Waals surface area contributed by atoms with Crippen molar-refractivity contribution in [1.29, 1.82) is 0 Å². The maximum Gasteiger partial charge on any atom is 0.416 e. The molecule has 0 atom stereocenters. The summed E-state index contributed by atoms with van der Waals surface area (Å²) in [5, 5.41) is 13.7. The maximum absolute atomic E-state index is 12.9. The zero-order valence-corrected chi connectivity index (χ0v) is 15.7. The Hall–Kier alpha value is -3.16. The molecule has 0 saturated heterocycles. The summed E-state index contributed by atoms with van der Waals surface area (Å²) < 4.78 is 38.6. The van der Waals surface area contributed by atoms with Gasteiger partial charge in [-0.25, -0.2) is 0 Å². The number of rotatable bonds is 4. The van der Waals surface area contributed by atoms with Crippen LogP contribution in [0.4, 0.5) is 36.3 Å². The second-order valence-electron chi connectivity index (χ2n) is 7.29. The fraction of sp³-hybridized carbons (Fsp3) is 0.250. The number of nitrogens with one attached hydrogen (secondary N) is 2. The summed E-state index contributed by atoms with van der Waals surface area (Å²) in [7, 11) is 0. The molecule has 146 valence electrons. The maximum atomic E-state index is 12.9. The van der Waals surface area contributed by atoms with Crippen molar-refractivity contribution in [1.82, 2.24) is 15.2 Å². The SMILES string of the molecule is CC(C)(C)c1ccccc1Nc1cnnc(Nc2cccc(C(F)(F)F)c2)n1. The van der Waals surface area contributed by atoms with Gasteiger partial charge in [0.05, 0.1) is 11.8 Å². The van der Waals surface area contributed by atoms with Crippen molar-refractivity contribution in [3.05, 3.63) is 65.9 Å². The van der Waals surface area contributed by atoms with Gasteiger partial charge in [-0.2, -0.15) is 23.3 Å². The highest BCUT2D eigenvalue weighted by molar-refractivity contribution is 5.63. The van der Waals surface area contributed by atoms with Gasteiger partial charge in [0.2, 0.25) is 5.95 Å². The van der Waals surface area contributed by atoms with Gasteiger partial charge in [-0.05, 0) is 35.2 Å². The average molecular weight is 387 g/mol. The zero-order chi connectivity index (χ0) is 20.4. The molecule has 28 heavy (non-hydrogen) atoms. The molecular formula is C20H20F3N5. The van der Waals surface area contributed by atoms with Crippen LogP contribution >= 0.6 is 0 Å². The van der Waals surface area contributed by atoms with E-state index in [-0.39, 0.29) is 17.1 Å². The van der Waals surface area contributed by atoms with Crippen LogP contribution in [0.1, 0.15) is 31.9 Å². The monoisotopic (exact) mass is 387 g/mol. The van der Waals surface area contributed by atoms with Gasteiger partial charge in [-0.15, -0.1) is 5.10 Å². The molecule has 2 N–H and O–H groups in total. The van der Waals surface area contributed by atoms with Gasteiger partial charge in [0.25, 0.3) is 0 Å². The zero-order valence-electron chi connectivity index (χ0n) is 15.7. The van der Waals surface area contributed by atoms with Crippen molar-refractivity contribution in [2.75, 3.05) is 10.6 Å². The van der Waals surface area contributed by atoms with Crippen molar-refractivity contribution >= 4 is 23.1 Å². The molecule has 5 nitrogen and oxygen atoms in total. The Kier molecular flexibility index (Phi) is 5.22. The largest absolute Gasteiger partial charge is 0.416 e. The molecule has 3 rings (SSSR count). The number of anilines is 4. The third-order valence-corrected chi connectivity index (χ3v) is 4.00. The van der Waals surface area contributed by atoms with E-state index in [0.717, 1.165) is 23.4 Å². The third-order valence-electron chi connectivity index (χ3n) is 4.00. The first-order valence-electron chi connectivity index (χ1n) is 8.63. The lowest BCUT2D eigenvalue weighted by Crippen LogP contribution is -2.14. The number of para-hydroxylation sites is 1. The summed E-state index contributed by atoms with van der Waals surface area (Å²) in [6, 6.07) is 12.7. The molecule has 0 aliphatic carbocycles. The van der Waals surface area contributed by atoms with Crippen LogP contribution in [0.15, 0.2) is 54.7 Å². The molecule has 1 aromatic heterocycles. The topological polar surface area (TPSA) is 62.7 Å². The second-order valence-corrected chi connectivity index (χ2v) is 7.29. The van der Waals surface area contributed by atoms with E-state index in [2.05, 4.69) is 46.6 Å². The summed E-state index contributed by atoms with van der Waals surface area (Å²) in [4.78, 5) is 4.30. The normalized spacial score (nSPS) is 11.9. The lowest BCUT2D eigenvalue weighted by molar-refractivity contribution is -0.137. The van der Waals surface area contributed by atoms with Gasteiger partial charge >= 0.3 is 6.18 Å². The van der Waals surface area contributed by atoms with Gasteiger partial charge in [-0.1, -0.05) is 45.0 Å². The van der Waals surface area contributed by atoms with E-state index in [1.54, 1.807) is 0 Å². The van der Waals surface area contributed by atoms with Crippen LogP contribution < -0.4 is 10.6 Å². The van der Waals surface area contributed by atoms with E-state index < -0.39 is 11.7 Å². The summed E-state index contributed by atoms with van der Waals surface area (Å²) in [5.41, 5.74) is 1.37. The van der Waals surface area contributed by atoms with Crippen LogP contribution in [0.5, 0.6) is 0 Å². The van der Waals surface area contributed by atoms with Crippen molar-refractivity contribution in [3.63, 3.8) is 0 Å². The Morgan fingerprint density at radius 3 is 2.36 bits per heavy atom. The van der Waals surface area contributed by atoms with Gasteiger partial charge in [-0.3, -0.25) is 0 Å². The van der Waals surface area contributed by atoms with Gasteiger partial charge in [0.15, 0.2) is 5.82 Å². The first kappa shape index (κ1) is 19.6. The van der Waals surface area contributed by atoms with Gasteiger partial charge < -0.3 is 10.6 Å². The van der Waals surface area contributed by atoms with Crippen LogP contribution in [-0.4, -0.2) is 15.2 Å². The van der Waals surface area contributed by atoms with Gasteiger partial charge in [0, 0.05) is 11.4 Å². The molecule has 0 amide bonds. The minimum atomic E-state index is -4.42. The number of aromatic nitrogens is 3. The standard InChI is InChI=1S/C20H20F3N5/c1-19(2,3)15-9-4-5-10-16(15)26-17-12-24-28-18(27-17)25-14-8-6-7-13(11-14)20(21,22)23/h4-12H,1-3H3,(H2,25,26,27,28). The van der Waals surface area contributed by atoms with Crippen molar-refractivity contribution in [2.24, 2.45) is 0 Å². The molecule has 0 fully saturated rings. The number of halogens is 3. The van der Waals surface area contributed by atoms with E-state index in [4.69, 9.17) is 0 Å². The Morgan fingerprint density at radius 1 is 0.893 bits per heavy atom. The first-order chi connectivity index (χ1) is 13.1. The van der Waals surface area contributed by atoms with E-state index >= 15 is 0 Å². The third kappa shape index (κ3) is 4.76. The predicted molar refractivity (Wildman–Crippen MR) is 103 cm³/mol. The average Bonchev–Trinajstić information content (AvgIpc) is 2.61. The highest BCUT2D eigenvalue weighted by Gasteiger charge is 2.30. The fourth-order valence-corrected chi connectivity index (χ4v) is 2.70. The molecule has 0 saturated carbocycles. The smallest absolute Gasteiger partial charge is 0.339 e. The highest BCUT2D eigenvalue weighted by Crippen LogP contribution is 2.32. The second kappa shape index (κ2) is 7.46. The molecule has 1 heterocycles. The number of nitrogens with zero attached hydrogens (tertiary/aromatic N) is 3. The molecule has 0 aliphatic heterocycles. The predicted octanol–water partition coefficient (Wildman–Crippen LogP) is 5.68. The summed E-state index contributed by atoms with van der Waals surface area (Å²) in [5.74, 6) is 0.527. The minimum Gasteiger partial charge on any atom is -0.339 e. The lowest BCUT2D eigenvalue weighted by Gasteiger charge is -2.23. The van der Waals surface area contributed by atoms with Crippen LogP contribution in [0.25, 0.3) is 0 Å². The quantitative estimate of drug-likeness (QED) is 0.603. The summed E-state index contributed by atoms with van der Waals surface area (Å²) in [6.45, 7) is 6.31. The molecular weight excluding hydrogens is 367 g/mol. The van der Waals surface area contributed by atoms with E-state index in [9.17, 15) is 13.2 Å². The van der Waals surface area contributed by atoms with Crippen LogP contribution in [-0.2, 0) is 11.6 Å². The van der Waals surface area contributed by atoms with Crippen LogP contribution in [0, 0.1) is 0 Å². The summed E-state index contributed by atoms with van der Waals surface area (Å²) in [6.07, 6.45) is -2.96. The molecule has 2 aromatic carbocycles. The first-order valence-corrected chi connectivity index (χ1v) is 8.63. The summed E-state index contributed by atoms with van der Waals surface area (Å²) >= 11 is 0. The van der Waals surface area contributed by atoms with Crippen molar-refractivity contribution < 1.29 is 13.2 Å². The van der Waals surface area contributed by atoms with E-state index in [0.29, 0.717) is 5.82 Å². The Morgan fingerprint density at radius 2 is 1.64 bits per heavy atom. The van der Waals surface area contributed by atoms with Crippen molar-refractivity contribution in [2.45, 2.75) is 32.4 Å². The van der Waals surface area contributed by atoms with Crippen LogP contribution in [0.3, 0.4) is 0 Å². The number of alkyl halides is 3. The molecule has 3 aromatic rings. The highest BCUT2D eigenvalue weighted by atomic mass is 19.4. The Balaban J connectivity index is 1.83. The molecule has 0 radical (unpaired) electrons. The van der Waals surface area contributed by atoms with E-state index in [1.807, 2.05) is 24.3 Å². The molecule has 0 unspecified atom stereocenters. The number of hydrogen-bond acceptors (Lipinski definition) is 5. The Bertz CT molecular complexity index is 964. The Labute approximate surface area is 161 Å². The number of benzene rings is 2. The van der Waals surface area contributed by atoms with Crippen LogP contribution in [0.2, 0.25) is 0 Å². The fourth-order valence-electron chi connectivity index (χ4n) is 2.70. The molecule has 8 heteroatoms. The molecule has 0 aliphatic rings. The molecule has 0 bridgehead atoms. The number of hydrogen-bond donors (Lipinski definition) is 2. The lowest BCUT2D eigenvalue weighted by atomic mass is 9.86. The molecule has 0 spiro atoms. The van der Waals surface area contributed by atoms with Gasteiger partial charge in [0.1, 0.15) is 0 Å².